The predicted molar refractivity (Wildman–Crippen MR) is 101 cm³/mol. The molecule has 0 unspecified atom stereocenters. The highest BCUT2D eigenvalue weighted by atomic mass is 16.5. The van der Waals surface area contributed by atoms with Gasteiger partial charge in [-0.1, -0.05) is 19.1 Å². The molecule has 2 heterocycles. The summed E-state index contributed by atoms with van der Waals surface area (Å²) in [5.41, 5.74) is 3.00. The summed E-state index contributed by atoms with van der Waals surface area (Å²) in [6, 6.07) is 7.60. The van der Waals surface area contributed by atoms with E-state index < -0.39 is 0 Å². The number of aromatic nitrogens is 2. The molecule has 0 atom stereocenters. The van der Waals surface area contributed by atoms with E-state index >= 15 is 0 Å². The van der Waals surface area contributed by atoms with E-state index in [0.717, 1.165) is 34.9 Å². The summed E-state index contributed by atoms with van der Waals surface area (Å²) in [7, 11) is 3.56. The molecule has 2 amide bonds. The largest absolute Gasteiger partial charge is 0.497 e. The van der Waals surface area contributed by atoms with E-state index in [1.54, 1.807) is 7.11 Å². The monoisotopic (exact) mass is 370 g/mol. The van der Waals surface area contributed by atoms with Crippen LogP contribution in [0.5, 0.6) is 5.75 Å². The van der Waals surface area contributed by atoms with Gasteiger partial charge in [0.2, 0.25) is 11.8 Å². The molecule has 3 rings (SSSR count). The second-order valence-electron chi connectivity index (χ2n) is 6.70. The number of carbonyl (C=O) groups is 2. The standard InChI is InChI=1S/C20H26N4O3/c1-4-19(25)21-12-18-22-16-8-9-24(13-17(16)23(18)2)20(26)11-14-6-5-7-15(10-14)27-3/h5-7,10H,4,8-9,11-13H2,1-3H3,(H,21,25). The summed E-state index contributed by atoms with van der Waals surface area (Å²) in [4.78, 5) is 30.8. The maximum atomic E-state index is 12.7. The summed E-state index contributed by atoms with van der Waals surface area (Å²) < 4.78 is 7.22. The normalized spacial score (nSPS) is 13.2. The van der Waals surface area contributed by atoms with Gasteiger partial charge in [-0.3, -0.25) is 9.59 Å². The summed E-state index contributed by atoms with van der Waals surface area (Å²) >= 11 is 0. The molecule has 0 radical (unpaired) electrons. The van der Waals surface area contributed by atoms with Crippen LogP contribution in [-0.2, 0) is 42.6 Å². The van der Waals surface area contributed by atoms with Gasteiger partial charge >= 0.3 is 0 Å². The summed E-state index contributed by atoms with van der Waals surface area (Å²) in [6.45, 7) is 3.44. The zero-order valence-corrected chi connectivity index (χ0v) is 16.1. The Labute approximate surface area is 159 Å². The number of hydrogen-bond acceptors (Lipinski definition) is 4. The number of fused-ring (bicyclic) bond motifs is 1. The van der Waals surface area contributed by atoms with Crippen LogP contribution in [0, 0.1) is 0 Å². The molecular weight excluding hydrogens is 344 g/mol. The lowest BCUT2D eigenvalue weighted by Gasteiger charge is -2.27. The summed E-state index contributed by atoms with van der Waals surface area (Å²) in [5, 5.41) is 2.86. The number of ether oxygens (including phenoxy) is 1. The van der Waals surface area contributed by atoms with Gasteiger partial charge in [-0.05, 0) is 17.7 Å². The Morgan fingerprint density at radius 2 is 2.15 bits per heavy atom. The molecule has 144 valence electrons. The fourth-order valence-corrected chi connectivity index (χ4v) is 3.29. The first-order chi connectivity index (χ1) is 13.0. The zero-order chi connectivity index (χ0) is 19.4. The van der Waals surface area contributed by atoms with Gasteiger partial charge in [0.25, 0.3) is 0 Å². The van der Waals surface area contributed by atoms with E-state index in [9.17, 15) is 9.59 Å². The number of amides is 2. The van der Waals surface area contributed by atoms with E-state index in [2.05, 4.69) is 10.3 Å². The molecule has 0 aliphatic carbocycles. The lowest BCUT2D eigenvalue weighted by Crippen LogP contribution is -2.37. The molecule has 7 nitrogen and oxygen atoms in total. The first-order valence-corrected chi connectivity index (χ1v) is 9.22. The Morgan fingerprint density at radius 3 is 2.89 bits per heavy atom. The molecule has 2 aromatic rings. The molecule has 0 bridgehead atoms. The number of hydrogen-bond donors (Lipinski definition) is 1. The number of nitrogens with one attached hydrogen (secondary N) is 1. The number of carbonyl (C=O) groups excluding carboxylic acids is 2. The minimum absolute atomic E-state index is 0.00562. The molecule has 0 saturated carbocycles. The summed E-state index contributed by atoms with van der Waals surface area (Å²) in [5.74, 6) is 1.68. The van der Waals surface area contributed by atoms with Crippen molar-refractivity contribution in [1.29, 1.82) is 0 Å². The lowest BCUT2D eigenvalue weighted by molar-refractivity contribution is -0.131. The molecular formula is C20H26N4O3. The minimum atomic E-state index is 0.00562. The second-order valence-corrected chi connectivity index (χ2v) is 6.70. The molecule has 0 spiro atoms. The lowest BCUT2D eigenvalue weighted by atomic mass is 10.1. The van der Waals surface area contributed by atoms with Crippen molar-refractivity contribution in [2.24, 2.45) is 7.05 Å². The van der Waals surface area contributed by atoms with Gasteiger partial charge in [-0.15, -0.1) is 0 Å². The Bertz CT molecular complexity index is 844. The third-order valence-electron chi connectivity index (χ3n) is 4.96. The third-order valence-corrected chi connectivity index (χ3v) is 4.96. The van der Waals surface area contributed by atoms with Crippen molar-refractivity contribution in [3.05, 3.63) is 47.0 Å². The van der Waals surface area contributed by atoms with Gasteiger partial charge in [-0.25, -0.2) is 4.98 Å². The highest BCUT2D eigenvalue weighted by molar-refractivity contribution is 5.79. The Balaban J connectivity index is 1.67. The SMILES string of the molecule is CCC(=O)NCc1nc2c(n1C)CN(C(=O)Cc1cccc(OC)c1)CC2. The highest BCUT2D eigenvalue weighted by Gasteiger charge is 2.25. The van der Waals surface area contributed by atoms with E-state index in [4.69, 9.17) is 4.74 Å². The zero-order valence-electron chi connectivity index (χ0n) is 16.1. The molecule has 1 N–H and O–H groups in total. The fraction of sp³-hybridized carbons (Fsp3) is 0.450. The van der Waals surface area contributed by atoms with Crippen LogP contribution in [-0.4, -0.2) is 39.9 Å². The van der Waals surface area contributed by atoms with E-state index in [1.165, 1.54) is 0 Å². The van der Waals surface area contributed by atoms with Crippen LogP contribution in [0.2, 0.25) is 0 Å². The van der Waals surface area contributed by atoms with Gasteiger partial charge in [0.15, 0.2) is 0 Å². The van der Waals surface area contributed by atoms with Crippen LogP contribution in [0.15, 0.2) is 24.3 Å². The minimum Gasteiger partial charge on any atom is -0.497 e. The van der Waals surface area contributed by atoms with Crippen molar-refractivity contribution in [1.82, 2.24) is 19.8 Å². The Hall–Kier alpha value is -2.83. The van der Waals surface area contributed by atoms with Gasteiger partial charge < -0.3 is 19.5 Å². The van der Waals surface area contributed by atoms with Crippen LogP contribution in [0.4, 0.5) is 0 Å². The average Bonchev–Trinajstić information content (AvgIpc) is 3.01. The Morgan fingerprint density at radius 1 is 1.33 bits per heavy atom. The molecule has 1 aromatic heterocycles. The quantitative estimate of drug-likeness (QED) is 0.838. The molecule has 0 fully saturated rings. The molecule has 27 heavy (non-hydrogen) atoms. The van der Waals surface area contributed by atoms with Crippen LogP contribution in [0.25, 0.3) is 0 Å². The molecule has 1 aliphatic rings. The molecule has 0 saturated heterocycles. The van der Waals surface area contributed by atoms with Crippen molar-refractivity contribution in [2.45, 2.75) is 39.3 Å². The maximum Gasteiger partial charge on any atom is 0.227 e. The van der Waals surface area contributed by atoms with Crippen molar-refractivity contribution in [2.75, 3.05) is 13.7 Å². The number of methoxy groups -OCH3 is 1. The van der Waals surface area contributed by atoms with Gasteiger partial charge in [0.05, 0.1) is 38.0 Å². The van der Waals surface area contributed by atoms with Crippen molar-refractivity contribution in [3.8, 4) is 5.75 Å². The number of benzene rings is 1. The van der Waals surface area contributed by atoms with Crippen LogP contribution in [0.1, 0.15) is 36.1 Å². The third kappa shape index (κ3) is 4.30. The Kier molecular flexibility index (Phi) is 5.78. The molecule has 1 aromatic carbocycles. The van der Waals surface area contributed by atoms with E-state index in [0.29, 0.717) is 32.5 Å². The summed E-state index contributed by atoms with van der Waals surface area (Å²) in [6.07, 6.45) is 1.54. The van der Waals surface area contributed by atoms with Crippen molar-refractivity contribution in [3.63, 3.8) is 0 Å². The number of nitrogens with zero attached hydrogens (tertiary/aromatic N) is 3. The van der Waals surface area contributed by atoms with Crippen molar-refractivity contribution < 1.29 is 14.3 Å². The van der Waals surface area contributed by atoms with Gasteiger partial charge in [-0.2, -0.15) is 0 Å². The number of rotatable bonds is 6. The first-order valence-electron chi connectivity index (χ1n) is 9.22. The molecule has 7 heteroatoms. The first kappa shape index (κ1) is 18.9. The van der Waals surface area contributed by atoms with Crippen LogP contribution >= 0.6 is 0 Å². The topological polar surface area (TPSA) is 76.5 Å². The second kappa shape index (κ2) is 8.24. The van der Waals surface area contributed by atoms with E-state index in [1.807, 2.05) is 47.7 Å². The van der Waals surface area contributed by atoms with Crippen LogP contribution < -0.4 is 10.1 Å². The van der Waals surface area contributed by atoms with E-state index in [-0.39, 0.29) is 11.8 Å². The highest BCUT2D eigenvalue weighted by Crippen LogP contribution is 2.21. The van der Waals surface area contributed by atoms with Crippen LogP contribution in [0.3, 0.4) is 0 Å². The van der Waals surface area contributed by atoms with Gasteiger partial charge in [0, 0.05) is 26.4 Å². The van der Waals surface area contributed by atoms with Crippen molar-refractivity contribution >= 4 is 11.8 Å². The number of imidazole rings is 1. The average molecular weight is 370 g/mol. The smallest absolute Gasteiger partial charge is 0.227 e. The molecule has 1 aliphatic heterocycles. The predicted octanol–water partition coefficient (Wildman–Crippen LogP) is 1.58. The van der Waals surface area contributed by atoms with Gasteiger partial charge in [0.1, 0.15) is 11.6 Å². The fourth-order valence-electron chi connectivity index (χ4n) is 3.29. The maximum absolute atomic E-state index is 12.7.